The first-order valence-corrected chi connectivity index (χ1v) is 13.3. The van der Waals surface area contributed by atoms with Gasteiger partial charge in [0.15, 0.2) is 0 Å². The van der Waals surface area contributed by atoms with Gasteiger partial charge in [0.1, 0.15) is 5.82 Å². The molecular formula is C30H34N4OS. The van der Waals surface area contributed by atoms with E-state index in [1.807, 2.05) is 54.6 Å². The largest absolute Gasteiger partial charge is 0.349 e. The van der Waals surface area contributed by atoms with Crippen LogP contribution >= 0.6 is 11.5 Å². The van der Waals surface area contributed by atoms with E-state index < -0.39 is 0 Å². The van der Waals surface area contributed by atoms with Crippen molar-refractivity contribution in [1.82, 2.24) is 14.7 Å². The van der Waals surface area contributed by atoms with Crippen LogP contribution in [0, 0.1) is 5.92 Å². The van der Waals surface area contributed by atoms with Crippen LogP contribution in [0.5, 0.6) is 0 Å². The molecule has 1 amide bonds. The van der Waals surface area contributed by atoms with Crippen LogP contribution in [0.15, 0.2) is 91.0 Å². The number of carbonyl (C=O) groups is 1. The van der Waals surface area contributed by atoms with Crippen LogP contribution in [-0.2, 0) is 17.6 Å². The molecule has 0 radical (unpaired) electrons. The lowest BCUT2D eigenvalue weighted by Gasteiger charge is -2.24. The van der Waals surface area contributed by atoms with Gasteiger partial charge in [-0.25, -0.2) is 4.98 Å². The first-order valence-electron chi connectivity index (χ1n) is 12.6. The Balaban J connectivity index is 1.40. The highest BCUT2D eigenvalue weighted by Crippen LogP contribution is 2.22. The Morgan fingerprint density at radius 3 is 2.14 bits per heavy atom. The molecular weight excluding hydrogens is 464 g/mol. The van der Waals surface area contributed by atoms with E-state index in [9.17, 15) is 4.79 Å². The van der Waals surface area contributed by atoms with E-state index in [2.05, 4.69) is 64.8 Å². The molecule has 0 aliphatic rings. The van der Waals surface area contributed by atoms with Crippen LogP contribution in [-0.4, -0.2) is 28.4 Å². The Morgan fingerprint density at radius 2 is 1.50 bits per heavy atom. The van der Waals surface area contributed by atoms with Gasteiger partial charge in [0, 0.05) is 37.5 Å². The van der Waals surface area contributed by atoms with E-state index in [1.165, 1.54) is 22.7 Å². The zero-order valence-electron chi connectivity index (χ0n) is 21.0. The summed E-state index contributed by atoms with van der Waals surface area (Å²) in [5.41, 5.74) is 3.51. The second-order valence-electron chi connectivity index (χ2n) is 9.47. The van der Waals surface area contributed by atoms with Gasteiger partial charge in [-0.05, 0) is 29.0 Å². The van der Waals surface area contributed by atoms with E-state index in [1.54, 1.807) is 0 Å². The number of carbonyl (C=O) groups excluding carboxylic acids is 1. The van der Waals surface area contributed by atoms with E-state index in [4.69, 9.17) is 4.98 Å². The average Bonchev–Trinajstić information content (AvgIpc) is 3.36. The fourth-order valence-corrected chi connectivity index (χ4v) is 4.94. The molecule has 4 aromatic rings. The van der Waals surface area contributed by atoms with Gasteiger partial charge in [0.05, 0.1) is 6.04 Å². The van der Waals surface area contributed by atoms with Crippen molar-refractivity contribution >= 4 is 22.6 Å². The molecule has 36 heavy (non-hydrogen) atoms. The maximum absolute atomic E-state index is 13.1. The molecule has 1 unspecified atom stereocenters. The molecule has 1 aromatic heterocycles. The first kappa shape index (κ1) is 25.6. The van der Waals surface area contributed by atoms with Gasteiger partial charge in [-0.2, -0.15) is 4.37 Å². The van der Waals surface area contributed by atoms with Crippen molar-refractivity contribution < 1.29 is 4.79 Å². The molecule has 0 aliphatic heterocycles. The zero-order chi connectivity index (χ0) is 25.2. The van der Waals surface area contributed by atoms with Crippen LogP contribution in [0.25, 0.3) is 0 Å². The van der Waals surface area contributed by atoms with Crippen LogP contribution in [0.4, 0.5) is 5.13 Å². The monoisotopic (exact) mass is 498 g/mol. The predicted molar refractivity (Wildman–Crippen MR) is 148 cm³/mol. The fraction of sp³-hybridized carbons (Fsp3) is 0.300. The summed E-state index contributed by atoms with van der Waals surface area (Å²) in [6.07, 6.45) is 1.87. The summed E-state index contributed by atoms with van der Waals surface area (Å²) in [7, 11) is 0. The Labute approximate surface area is 218 Å². The number of amides is 1. The van der Waals surface area contributed by atoms with Crippen LogP contribution in [0.1, 0.15) is 48.8 Å². The smallest absolute Gasteiger partial charge is 0.222 e. The summed E-state index contributed by atoms with van der Waals surface area (Å²) in [6.45, 7) is 5.81. The molecule has 186 valence electrons. The van der Waals surface area contributed by atoms with Crippen molar-refractivity contribution in [3.63, 3.8) is 0 Å². The molecule has 4 rings (SSSR count). The summed E-state index contributed by atoms with van der Waals surface area (Å²) >= 11 is 1.42. The lowest BCUT2D eigenvalue weighted by molar-refractivity contribution is -0.121. The number of hydrogen-bond acceptors (Lipinski definition) is 5. The van der Waals surface area contributed by atoms with E-state index in [0.717, 1.165) is 29.5 Å². The summed E-state index contributed by atoms with van der Waals surface area (Å²) in [6, 6.07) is 30.7. The number of benzene rings is 3. The molecule has 5 nitrogen and oxygen atoms in total. The number of nitrogens with one attached hydrogen (secondary N) is 1. The topological polar surface area (TPSA) is 58.1 Å². The Bertz CT molecular complexity index is 1200. The molecule has 0 saturated carbocycles. The van der Waals surface area contributed by atoms with Crippen molar-refractivity contribution in [2.45, 2.75) is 39.2 Å². The third kappa shape index (κ3) is 7.75. The maximum atomic E-state index is 13.1. The minimum Gasteiger partial charge on any atom is -0.349 e. The predicted octanol–water partition coefficient (Wildman–Crippen LogP) is 6.08. The molecule has 0 aliphatic carbocycles. The summed E-state index contributed by atoms with van der Waals surface area (Å²) in [4.78, 5) is 20.1. The maximum Gasteiger partial charge on any atom is 0.222 e. The van der Waals surface area contributed by atoms with Crippen molar-refractivity contribution in [2.24, 2.45) is 5.92 Å². The average molecular weight is 499 g/mol. The van der Waals surface area contributed by atoms with Gasteiger partial charge in [-0.3, -0.25) is 4.79 Å². The molecule has 0 bridgehead atoms. The summed E-state index contributed by atoms with van der Waals surface area (Å²) in [5, 5.41) is 4.16. The lowest BCUT2D eigenvalue weighted by Crippen LogP contribution is -2.35. The highest BCUT2D eigenvalue weighted by Gasteiger charge is 2.19. The Hall–Kier alpha value is -3.51. The molecule has 1 N–H and O–H groups in total. The number of hydrogen-bond donors (Lipinski definition) is 1. The number of aromatic nitrogens is 2. The fourth-order valence-electron chi connectivity index (χ4n) is 4.22. The lowest BCUT2D eigenvalue weighted by atomic mass is 9.98. The van der Waals surface area contributed by atoms with Crippen LogP contribution < -0.4 is 10.2 Å². The molecule has 1 atom stereocenters. The second kappa shape index (κ2) is 13.0. The quantitative estimate of drug-likeness (QED) is 0.257. The van der Waals surface area contributed by atoms with Crippen LogP contribution in [0.3, 0.4) is 0 Å². The summed E-state index contributed by atoms with van der Waals surface area (Å²) in [5.74, 6) is 1.32. The van der Waals surface area contributed by atoms with Crippen molar-refractivity contribution in [3.8, 4) is 0 Å². The molecule has 0 fully saturated rings. The Morgan fingerprint density at radius 1 is 0.889 bits per heavy atom. The van der Waals surface area contributed by atoms with Gasteiger partial charge in [-0.1, -0.05) is 105 Å². The molecule has 1 heterocycles. The van der Waals surface area contributed by atoms with E-state index in [0.29, 0.717) is 25.3 Å². The SMILES string of the molecule is CC(C)CN(CCC(=O)NC(Cc1ccccc1)c1ccccc1)c1nc(Cc2ccccc2)ns1. The molecule has 3 aromatic carbocycles. The van der Waals surface area contributed by atoms with Crippen molar-refractivity contribution in [1.29, 1.82) is 0 Å². The minimum atomic E-state index is -0.0707. The van der Waals surface area contributed by atoms with Crippen molar-refractivity contribution in [3.05, 3.63) is 114 Å². The number of nitrogens with zero attached hydrogens (tertiary/aromatic N) is 3. The Kier molecular flexibility index (Phi) is 9.22. The standard InChI is InChI=1S/C30H34N4OS/c1-23(2)22-34(30-32-28(33-36-30)21-25-14-8-4-9-15-25)19-18-29(35)31-27(26-16-10-5-11-17-26)20-24-12-6-3-7-13-24/h3-17,23,27H,18-22H2,1-2H3,(H,31,35). The number of rotatable bonds is 12. The zero-order valence-corrected chi connectivity index (χ0v) is 21.8. The van der Waals surface area contributed by atoms with E-state index in [-0.39, 0.29) is 11.9 Å². The van der Waals surface area contributed by atoms with Gasteiger partial charge < -0.3 is 10.2 Å². The van der Waals surface area contributed by atoms with Gasteiger partial charge >= 0.3 is 0 Å². The highest BCUT2D eigenvalue weighted by molar-refractivity contribution is 7.09. The normalized spacial score (nSPS) is 11.9. The molecule has 0 spiro atoms. The van der Waals surface area contributed by atoms with Gasteiger partial charge in [0.2, 0.25) is 11.0 Å². The first-order chi connectivity index (χ1) is 17.6. The minimum absolute atomic E-state index is 0.0440. The molecule has 6 heteroatoms. The third-order valence-electron chi connectivity index (χ3n) is 5.95. The van der Waals surface area contributed by atoms with Crippen molar-refractivity contribution in [2.75, 3.05) is 18.0 Å². The molecule has 0 saturated heterocycles. The highest BCUT2D eigenvalue weighted by atomic mass is 32.1. The third-order valence-corrected chi connectivity index (χ3v) is 6.76. The summed E-state index contributed by atoms with van der Waals surface area (Å²) < 4.78 is 4.59. The van der Waals surface area contributed by atoms with E-state index >= 15 is 0 Å². The second-order valence-corrected chi connectivity index (χ2v) is 10.2. The van der Waals surface area contributed by atoms with Gasteiger partial charge in [-0.15, -0.1) is 0 Å². The van der Waals surface area contributed by atoms with Crippen LogP contribution in [0.2, 0.25) is 0 Å². The number of anilines is 1. The van der Waals surface area contributed by atoms with Gasteiger partial charge in [0.25, 0.3) is 0 Å².